The molecule has 0 aromatic heterocycles. The zero-order valence-corrected chi connectivity index (χ0v) is 11.6. The minimum Gasteiger partial charge on any atom is -0.508 e. The topological polar surface area (TPSA) is 49.5 Å². The van der Waals surface area contributed by atoms with Gasteiger partial charge >= 0.3 is 0 Å². The van der Waals surface area contributed by atoms with Crippen LogP contribution < -0.4 is 10.6 Å². The quantitative estimate of drug-likeness (QED) is 0.845. The van der Waals surface area contributed by atoms with Gasteiger partial charge in [-0.2, -0.15) is 0 Å². The third kappa shape index (κ3) is 2.61. The zero-order valence-electron chi connectivity index (χ0n) is 11.6. The number of hydrogen-bond donors (Lipinski definition) is 2. The van der Waals surface area contributed by atoms with Crippen molar-refractivity contribution >= 4 is 5.69 Å². The molecule has 1 heterocycles. The molecule has 18 heavy (non-hydrogen) atoms. The highest BCUT2D eigenvalue weighted by molar-refractivity contribution is 5.55. The molecule has 0 spiro atoms. The number of phenols is 1. The van der Waals surface area contributed by atoms with Crippen LogP contribution in [0.1, 0.15) is 45.2 Å². The summed E-state index contributed by atoms with van der Waals surface area (Å²) in [5, 5.41) is 10.0. The summed E-state index contributed by atoms with van der Waals surface area (Å²) in [6, 6.07) is 6.29. The molecule has 1 fully saturated rings. The van der Waals surface area contributed by atoms with Crippen LogP contribution in [0.3, 0.4) is 0 Å². The van der Waals surface area contributed by atoms with Gasteiger partial charge < -0.3 is 15.7 Å². The highest BCUT2D eigenvalue weighted by Gasteiger charge is 2.23. The molecule has 3 nitrogen and oxygen atoms in total. The maximum Gasteiger partial charge on any atom is 0.122 e. The molecule has 0 amide bonds. The first kappa shape index (κ1) is 13.2. The maximum atomic E-state index is 10.0. The highest BCUT2D eigenvalue weighted by atomic mass is 16.3. The average molecular weight is 248 g/mol. The van der Waals surface area contributed by atoms with E-state index in [0.717, 1.165) is 23.7 Å². The smallest absolute Gasteiger partial charge is 0.122 e. The fraction of sp³-hybridized carbons (Fsp3) is 0.600. The van der Waals surface area contributed by atoms with Crippen molar-refractivity contribution in [3.63, 3.8) is 0 Å². The summed E-state index contributed by atoms with van der Waals surface area (Å²) in [7, 11) is 0. The Kier molecular flexibility index (Phi) is 3.81. The van der Waals surface area contributed by atoms with Crippen molar-refractivity contribution in [2.24, 2.45) is 11.7 Å². The molecule has 100 valence electrons. The number of rotatable bonds is 2. The Morgan fingerprint density at radius 1 is 1.33 bits per heavy atom. The van der Waals surface area contributed by atoms with Gasteiger partial charge in [-0.15, -0.1) is 0 Å². The van der Waals surface area contributed by atoms with Crippen molar-refractivity contribution in [3.8, 4) is 5.75 Å². The molecule has 0 bridgehead atoms. The van der Waals surface area contributed by atoms with E-state index in [-0.39, 0.29) is 6.04 Å². The van der Waals surface area contributed by atoms with Crippen molar-refractivity contribution < 1.29 is 5.11 Å². The third-order valence-electron chi connectivity index (χ3n) is 3.95. The van der Waals surface area contributed by atoms with Gasteiger partial charge in [0, 0.05) is 35.9 Å². The first-order valence-corrected chi connectivity index (χ1v) is 6.84. The van der Waals surface area contributed by atoms with Crippen LogP contribution in [-0.4, -0.2) is 17.7 Å². The predicted molar refractivity (Wildman–Crippen MR) is 75.9 cm³/mol. The lowest BCUT2D eigenvalue weighted by Gasteiger charge is -2.38. The van der Waals surface area contributed by atoms with E-state index in [2.05, 4.69) is 24.8 Å². The molecule has 1 aliphatic heterocycles. The SMILES string of the molecule is CC1CCC(C)N(c2ccc(C(C)N)c(O)c2)C1. The van der Waals surface area contributed by atoms with E-state index in [4.69, 9.17) is 5.73 Å². The Balaban J connectivity index is 2.25. The van der Waals surface area contributed by atoms with E-state index in [0.29, 0.717) is 11.8 Å². The largest absolute Gasteiger partial charge is 0.508 e. The predicted octanol–water partition coefficient (Wildman–Crippen LogP) is 3.04. The van der Waals surface area contributed by atoms with Crippen LogP contribution in [-0.2, 0) is 0 Å². The maximum absolute atomic E-state index is 10.0. The average Bonchev–Trinajstić information content (AvgIpc) is 2.31. The molecule has 3 heteroatoms. The number of piperidine rings is 1. The standard InChI is InChI=1S/C15H24N2O/c1-10-4-5-11(2)17(9-10)13-6-7-14(12(3)16)15(18)8-13/h6-8,10-12,18H,4-5,9,16H2,1-3H3. The summed E-state index contributed by atoms with van der Waals surface area (Å²) >= 11 is 0. The Bertz CT molecular complexity index is 417. The number of phenolic OH excluding ortho intramolecular Hbond substituents is 1. The summed E-state index contributed by atoms with van der Waals surface area (Å²) < 4.78 is 0. The van der Waals surface area contributed by atoms with Gasteiger partial charge in [-0.3, -0.25) is 0 Å². The van der Waals surface area contributed by atoms with Crippen LogP contribution in [0.15, 0.2) is 18.2 Å². The summed E-state index contributed by atoms with van der Waals surface area (Å²) in [4.78, 5) is 2.39. The van der Waals surface area contributed by atoms with E-state index >= 15 is 0 Å². The van der Waals surface area contributed by atoms with Gasteiger partial charge in [0.05, 0.1) is 0 Å². The molecule has 3 atom stereocenters. The van der Waals surface area contributed by atoms with Crippen LogP contribution in [0.4, 0.5) is 5.69 Å². The fourth-order valence-corrected chi connectivity index (χ4v) is 2.74. The van der Waals surface area contributed by atoms with Crippen molar-refractivity contribution in [1.82, 2.24) is 0 Å². The number of nitrogens with two attached hydrogens (primary N) is 1. The minimum atomic E-state index is -0.128. The second-order valence-electron chi connectivity index (χ2n) is 5.72. The Hall–Kier alpha value is -1.22. The monoisotopic (exact) mass is 248 g/mol. The third-order valence-corrected chi connectivity index (χ3v) is 3.95. The lowest BCUT2D eigenvalue weighted by molar-refractivity contribution is 0.389. The number of benzene rings is 1. The lowest BCUT2D eigenvalue weighted by atomic mass is 9.94. The van der Waals surface area contributed by atoms with E-state index < -0.39 is 0 Å². The van der Waals surface area contributed by atoms with Crippen molar-refractivity contribution in [2.45, 2.75) is 45.7 Å². The van der Waals surface area contributed by atoms with Crippen LogP contribution in [0.5, 0.6) is 5.75 Å². The molecule has 2 rings (SSSR count). The molecule has 1 saturated heterocycles. The molecule has 0 saturated carbocycles. The second-order valence-corrected chi connectivity index (χ2v) is 5.72. The summed E-state index contributed by atoms with van der Waals surface area (Å²) in [6.07, 6.45) is 2.51. The molecular weight excluding hydrogens is 224 g/mol. The molecule has 3 unspecified atom stereocenters. The van der Waals surface area contributed by atoms with Crippen molar-refractivity contribution in [2.75, 3.05) is 11.4 Å². The van der Waals surface area contributed by atoms with E-state index in [1.165, 1.54) is 12.8 Å². The number of anilines is 1. The Morgan fingerprint density at radius 3 is 2.67 bits per heavy atom. The van der Waals surface area contributed by atoms with E-state index in [1.807, 2.05) is 19.1 Å². The van der Waals surface area contributed by atoms with Crippen LogP contribution in [0.25, 0.3) is 0 Å². The number of nitrogens with zero attached hydrogens (tertiary/aromatic N) is 1. The van der Waals surface area contributed by atoms with Gasteiger partial charge in [0.1, 0.15) is 5.75 Å². The summed E-state index contributed by atoms with van der Waals surface area (Å²) in [6.45, 7) is 7.50. The molecule has 0 radical (unpaired) electrons. The van der Waals surface area contributed by atoms with Gasteiger partial charge in [-0.25, -0.2) is 0 Å². The number of hydrogen-bond acceptors (Lipinski definition) is 3. The second kappa shape index (κ2) is 5.19. The Labute approximate surface area is 110 Å². The summed E-state index contributed by atoms with van der Waals surface area (Å²) in [5.74, 6) is 1.03. The zero-order chi connectivity index (χ0) is 13.3. The molecule has 3 N–H and O–H groups in total. The van der Waals surface area contributed by atoms with Gasteiger partial charge in [-0.1, -0.05) is 13.0 Å². The molecular formula is C15H24N2O. The van der Waals surface area contributed by atoms with Crippen LogP contribution in [0.2, 0.25) is 0 Å². The lowest BCUT2D eigenvalue weighted by Crippen LogP contribution is -2.41. The van der Waals surface area contributed by atoms with Crippen molar-refractivity contribution in [3.05, 3.63) is 23.8 Å². The normalized spacial score (nSPS) is 26.1. The first-order valence-electron chi connectivity index (χ1n) is 6.84. The first-order chi connectivity index (χ1) is 8.49. The van der Waals surface area contributed by atoms with Gasteiger partial charge in [-0.05, 0) is 38.7 Å². The number of aromatic hydroxyl groups is 1. The Morgan fingerprint density at radius 2 is 2.06 bits per heavy atom. The van der Waals surface area contributed by atoms with Crippen LogP contribution in [0, 0.1) is 5.92 Å². The molecule has 1 aromatic carbocycles. The van der Waals surface area contributed by atoms with E-state index in [9.17, 15) is 5.11 Å². The van der Waals surface area contributed by atoms with E-state index in [1.54, 1.807) is 0 Å². The molecule has 0 aliphatic carbocycles. The van der Waals surface area contributed by atoms with Gasteiger partial charge in [0.15, 0.2) is 0 Å². The minimum absolute atomic E-state index is 0.128. The van der Waals surface area contributed by atoms with Crippen LogP contribution >= 0.6 is 0 Å². The van der Waals surface area contributed by atoms with Gasteiger partial charge in [0.25, 0.3) is 0 Å². The van der Waals surface area contributed by atoms with Gasteiger partial charge in [0.2, 0.25) is 0 Å². The fourth-order valence-electron chi connectivity index (χ4n) is 2.74. The van der Waals surface area contributed by atoms with Crippen molar-refractivity contribution in [1.29, 1.82) is 0 Å². The highest BCUT2D eigenvalue weighted by Crippen LogP contribution is 2.32. The summed E-state index contributed by atoms with van der Waals surface area (Å²) in [5.41, 5.74) is 7.74. The molecule has 1 aromatic rings. The molecule has 1 aliphatic rings.